The van der Waals surface area contributed by atoms with Crippen molar-refractivity contribution in [2.75, 3.05) is 0 Å². The van der Waals surface area contributed by atoms with Crippen molar-refractivity contribution in [3.63, 3.8) is 0 Å². The summed E-state index contributed by atoms with van der Waals surface area (Å²) in [6.45, 7) is 5.20. The molecule has 2 aromatic carbocycles. The number of nitrogens with zero attached hydrogens (tertiary/aromatic N) is 3. The van der Waals surface area contributed by atoms with E-state index in [0.717, 1.165) is 35.0 Å². The van der Waals surface area contributed by atoms with Gasteiger partial charge in [-0.05, 0) is 36.1 Å². The highest BCUT2D eigenvalue weighted by Crippen LogP contribution is 2.24. The van der Waals surface area contributed by atoms with Crippen LogP contribution in [0.1, 0.15) is 57.1 Å². The standard InChI is InChI=1S/C25H29N3OS/c1-19(2)11-5-3-4-10-16-28-24(29)22-14-8-9-15-23(22)27-25(28)30-18-21-13-7-6-12-20(21)17-26/h6-9,12-15,19H,3-5,10-11,16,18H2,1-2H3. The molecule has 0 saturated heterocycles. The van der Waals surface area contributed by atoms with Crippen molar-refractivity contribution in [1.29, 1.82) is 5.26 Å². The van der Waals surface area contributed by atoms with E-state index >= 15 is 0 Å². The number of thioether (sulfide) groups is 1. The lowest BCUT2D eigenvalue weighted by molar-refractivity contribution is 0.491. The summed E-state index contributed by atoms with van der Waals surface area (Å²) in [7, 11) is 0. The van der Waals surface area contributed by atoms with Crippen molar-refractivity contribution >= 4 is 22.7 Å². The largest absolute Gasteiger partial charge is 0.287 e. The normalized spacial score (nSPS) is 11.1. The maximum absolute atomic E-state index is 13.2. The second-order valence-corrected chi connectivity index (χ2v) is 8.97. The number of nitriles is 1. The SMILES string of the molecule is CC(C)CCCCCCn1c(SCc2ccccc2C#N)nc2ccccc2c1=O. The van der Waals surface area contributed by atoms with Gasteiger partial charge in [0, 0.05) is 12.3 Å². The molecule has 0 saturated carbocycles. The average molecular weight is 420 g/mol. The molecule has 3 aromatic rings. The summed E-state index contributed by atoms with van der Waals surface area (Å²) < 4.78 is 1.82. The van der Waals surface area contributed by atoms with Gasteiger partial charge in [0.2, 0.25) is 0 Å². The lowest BCUT2D eigenvalue weighted by Crippen LogP contribution is -2.23. The highest BCUT2D eigenvalue weighted by Gasteiger charge is 2.12. The van der Waals surface area contributed by atoms with Crippen molar-refractivity contribution in [1.82, 2.24) is 9.55 Å². The first-order chi connectivity index (χ1) is 14.6. The van der Waals surface area contributed by atoms with Crippen LogP contribution in [0, 0.1) is 17.2 Å². The molecule has 5 heteroatoms. The van der Waals surface area contributed by atoms with Crippen LogP contribution in [0.2, 0.25) is 0 Å². The second-order valence-electron chi connectivity index (χ2n) is 8.02. The molecular formula is C25H29N3OS. The molecule has 0 radical (unpaired) electrons. The number of rotatable bonds is 10. The third kappa shape index (κ3) is 5.73. The fourth-order valence-corrected chi connectivity index (χ4v) is 4.56. The van der Waals surface area contributed by atoms with Gasteiger partial charge in [-0.2, -0.15) is 5.26 Å². The third-order valence-corrected chi connectivity index (χ3v) is 6.26. The molecule has 0 atom stereocenters. The van der Waals surface area contributed by atoms with Gasteiger partial charge in [0.15, 0.2) is 5.16 Å². The fraction of sp³-hybridized carbons (Fsp3) is 0.400. The number of aromatic nitrogens is 2. The summed E-state index contributed by atoms with van der Waals surface area (Å²) in [5, 5.41) is 10.7. The Morgan fingerprint density at radius 3 is 2.57 bits per heavy atom. The van der Waals surface area contributed by atoms with Gasteiger partial charge in [0.05, 0.1) is 22.5 Å². The van der Waals surface area contributed by atoms with Crippen LogP contribution >= 0.6 is 11.8 Å². The molecule has 1 heterocycles. The monoisotopic (exact) mass is 419 g/mol. The van der Waals surface area contributed by atoms with Gasteiger partial charge in [-0.1, -0.05) is 81.6 Å². The molecule has 156 valence electrons. The van der Waals surface area contributed by atoms with E-state index in [1.54, 1.807) is 0 Å². The van der Waals surface area contributed by atoms with Crippen molar-refractivity contribution in [2.45, 2.75) is 63.4 Å². The predicted molar refractivity (Wildman–Crippen MR) is 125 cm³/mol. The maximum Gasteiger partial charge on any atom is 0.262 e. The van der Waals surface area contributed by atoms with Crippen molar-refractivity contribution in [2.24, 2.45) is 5.92 Å². The Kier molecular flexibility index (Phi) is 8.10. The zero-order valence-corrected chi connectivity index (χ0v) is 18.6. The molecule has 1 aromatic heterocycles. The summed E-state index contributed by atoms with van der Waals surface area (Å²) in [4.78, 5) is 17.9. The van der Waals surface area contributed by atoms with E-state index < -0.39 is 0 Å². The van der Waals surface area contributed by atoms with Crippen LogP contribution in [0.15, 0.2) is 58.5 Å². The molecule has 0 unspecified atom stereocenters. The van der Waals surface area contributed by atoms with E-state index in [4.69, 9.17) is 4.98 Å². The van der Waals surface area contributed by atoms with Crippen molar-refractivity contribution < 1.29 is 0 Å². The van der Waals surface area contributed by atoms with Crippen molar-refractivity contribution in [3.8, 4) is 6.07 Å². The van der Waals surface area contributed by atoms with Gasteiger partial charge in [-0.15, -0.1) is 0 Å². The van der Waals surface area contributed by atoms with E-state index in [9.17, 15) is 10.1 Å². The first-order valence-corrected chi connectivity index (χ1v) is 11.7. The molecule has 0 spiro atoms. The fourth-order valence-electron chi connectivity index (χ4n) is 3.53. The zero-order valence-electron chi connectivity index (χ0n) is 17.8. The van der Waals surface area contributed by atoms with Crippen LogP contribution in [0.3, 0.4) is 0 Å². The number of unbranched alkanes of at least 4 members (excludes halogenated alkanes) is 3. The van der Waals surface area contributed by atoms with Crippen LogP contribution < -0.4 is 5.56 Å². The molecule has 0 aliphatic rings. The minimum atomic E-state index is 0.0267. The number of para-hydroxylation sites is 1. The van der Waals surface area contributed by atoms with Gasteiger partial charge < -0.3 is 0 Å². The summed E-state index contributed by atoms with van der Waals surface area (Å²) in [5.41, 5.74) is 2.39. The third-order valence-electron chi connectivity index (χ3n) is 5.23. The van der Waals surface area contributed by atoms with E-state index in [1.165, 1.54) is 31.0 Å². The van der Waals surface area contributed by atoms with E-state index in [-0.39, 0.29) is 5.56 Å². The van der Waals surface area contributed by atoms with E-state index in [1.807, 2.05) is 53.1 Å². The zero-order chi connectivity index (χ0) is 21.3. The van der Waals surface area contributed by atoms with Gasteiger partial charge in [-0.25, -0.2) is 4.98 Å². The Bertz CT molecular complexity index is 1080. The molecule has 3 rings (SSSR count). The highest BCUT2D eigenvalue weighted by molar-refractivity contribution is 7.98. The van der Waals surface area contributed by atoms with Crippen LogP contribution in [0.5, 0.6) is 0 Å². The lowest BCUT2D eigenvalue weighted by atomic mass is 10.0. The number of hydrogen-bond donors (Lipinski definition) is 0. The number of benzene rings is 2. The Balaban J connectivity index is 1.78. The van der Waals surface area contributed by atoms with Crippen molar-refractivity contribution in [3.05, 3.63) is 70.0 Å². The second kappa shape index (κ2) is 11.0. The Hall–Kier alpha value is -2.58. The predicted octanol–water partition coefficient (Wildman–Crippen LogP) is 6.17. The first kappa shape index (κ1) is 22.1. The average Bonchev–Trinajstić information content (AvgIpc) is 2.76. The number of hydrogen-bond acceptors (Lipinski definition) is 4. The molecule has 0 amide bonds. The molecular weight excluding hydrogens is 390 g/mol. The van der Waals surface area contributed by atoms with Gasteiger partial charge >= 0.3 is 0 Å². The molecule has 0 fully saturated rings. The molecule has 0 bridgehead atoms. The molecule has 0 aliphatic carbocycles. The lowest BCUT2D eigenvalue weighted by Gasteiger charge is -2.13. The van der Waals surface area contributed by atoms with E-state index in [2.05, 4.69) is 19.9 Å². The van der Waals surface area contributed by atoms with E-state index in [0.29, 0.717) is 23.2 Å². The van der Waals surface area contributed by atoms with Crippen LogP contribution in [-0.2, 0) is 12.3 Å². The molecule has 4 nitrogen and oxygen atoms in total. The first-order valence-electron chi connectivity index (χ1n) is 10.7. The van der Waals surface area contributed by atoms with Gasteiger partial charge in [0.1, 0.15) is 0 Å². The van der Waals surface area contributed by atoms with Crippen LogP contribution in [0.4, 0.5) is 0 Å². The topological polar surface area (TPSA) is 58.7 Å². The Morgan fingerprint density at radius 1 is 1.03 bits per heavy atom. The smallest absolute Gasteiger partial charge is 0.262 e. The minimum Gasteiger partial charge on any atom is -0.287 e. The maximum atomic E-state index is 13.2. The summed E-state index contributed by atoms with van der Waals surface area (Å²) in [6.07, 6.45) is 5.80. The summed E-state index contributed by atoms with van der Waals surface area (Å²) in [6, 6.07) is 17.4. The molecule has 0 aliphatic heterocycles. The Labute approximate surface area is 183 Å². The summed E-state index contributed by atoms with van der Waals surface area (Å²) >= 11 is 1.53. The Morgan fingerprint density at radius 2 is 1.77 bits per heavy atom. The molecule has 0 N–H and O–H groups in total. The summed E-state index contributed by atoms with van der Waals surface area (Å²) in [5.74, 6) is 1.36. The highest BCUT2D eigenvalue weighted by atomic mass is 32.2. The minimum absolute atomic E-state index is 0.0267. The number of fused-ring (bicyclic) bond motifs is 1. The quantitative estimate of drug-likeness (QED) is 0.224. The van der Waals surface area contributed by atoms with Gasteiger partial charge in [-0.3, -0.25) is 9.36 Å². The van der Waals surface area contributed by atoms with Crippen LogP contribution in [-0.4, -0.2) is 9.55 Å². The molecule has 30 heavy (non-hydrogen) atoms. The van der Waals surface area contributed by atoms with Gasteiger partial charge in [0.25, 0.3) is 5.56 Å². The van der Waals surface area contributed by atoms with Crippen LogP contribution in [0.25, 0.3) is 10.9 Å².